The summed E-state index contributed by atoms with van der Waals surface area (Å²) < 4.78 is 18.3. The lowest BCUT2D eigenvalue weighted by Crippen LogP contribution is -2.21. The summed E-state index contributed by atoms with van der Waals surface area (Å²) in [6, 6.07) is 11.5. The Balaban J connectivity index is 1.76. The molecule has 24 heavy (non-hydrogen) atoms. The maximum atomic E-state index is 13.4. The number of nitrogens with one attached hydrogen (secondary N) is 1. The topological polar surface area (TPSA) is 55.4 Å². The molecule has 0 saturated heterocycles. The standard InChI is InChI=1S/C17H15ClFNO3S/c1-11-6-7-12(8-14(11)19)20-16(21)9-23-17(22)10-24-15-5-3-2-4-13(15)18/h2-8H,9-10H2,1H3,(H,20,21). The average molecular weight is 368 g/mol. The van der Waals surface area contributed by atoms with Gasteiger partial charge in [0.1, 0.15) is 5.82 Å². The fourth-order valence-corrected chi connectivity index (χ4v) is 2.79. The van der Waals surface area contributed by atoms with Crippen LogP contribution in [0.1, 0.15) is 5.56 Å². The summed E-state index contributed by atoms with van der Waals surface area (Å²) in [5.41, 5.74) is 0.792. The Morgan fingerprint density at radius 1 is 1.25 bits per heavy atom. The Kier molecular flexibility index (Phi) is 6.63. The van der Waals surface area contributed by atoms with E-state index in [-0.39, 0.29) is 5.75 Å². The number of benzene rings is 2. The highest BCUT2D eigenvalue weighted by Gasteiger charge is 2.10. The van der Waals surface area contributed by atoms with Gasteiger partial charge in [0, 0.05) is 10.6 Å². The highest BCUT2D eigenvalue weighted by atomic mass is 35.5. The minimum atomic E-state index is -0.537. The smallest absolute Gasteiger partial charge is 0.316 e. The molecule has 4 nitrogen and oxygen atoms in total. The first kappa shape index (κ1) is 18.3. The lowest BCUT2D eigenvalue weighted by molar-refractivity contribution is -0.144. The first-order valence-corrected chi connectivity index (χ1v) is 8.41. The van der Waals surface area contributed by atoms with Crippen LogP contribution >= 0.6 is 23.4 Å². The molecule has 0 radical (unpaired) electrons. The third kappa shape index (κ3) is 5.54. The molecule has 7 heteroatoms. The van der Waals surface area contributed by atoms with Crippen LogP contribution in [0, 0.1) is 12.7 Å². The van der Waals surface area contributed by atoms with Gasteiger partial charge in [-0.3, -0.25) is 9.59 Å². The molecule has 126 valence electrons. The molecule has 0 heterocycles. The molecule has 0 atom stereocenters. The van der Waals surface area contributed by atoms with Crippen molar-refractivity contribution in [3.05, 3.63) is 58.9 Å². The van der Waals surface area contributed by atoms with Crippen molar-refractivity contribution in [1.82, 2.24) is 0 Å². The van der Waals surface area contributed by atoms with Gasteiger partial charge in [-0.2, -0.15) is 0 Å². The van der Waals surface area contributed by atoms with Gasteiger partial charge in [-0.1, -0.05) is 29.8 Å². The van der Waals surface area contributed by atoms with Crippen molar-refractivity contribution in [2.45, 2.75) is 11.8 Å². The number of amides is 1. The molecule has 0 fully saturated rings. The summed E-state index contributed by atoms with van der Waals surface area (Å²) in [6.45, 7) is 1.19. The number of hydrogen-bond acceptors (Lipinski definition) is 4. The predicted octanol–water partition coefficient (Wildman–Crippen LogP) is 4.06. The minimum absolute atomic E-state index is 0.0379. The van der Waals surface area contributed by atoms with Crippen LogP contribution in [0.2, 0.25) is 5.02 Å². The summed E-state index contributed by atoms with van der Waals surface area (Å²) >= 11 is 7.21. The number of rotatable bonds is 6. The number of anilines is 1. The van der Waals surface area contributed by atoms with Crippen LogP contribution in [0.5, 0.6) is 0 Å². The molecule has 1 N–H and O–H groups in total. The van der Waals surface area contributed by atoms with E-state index in [9.17, 15) is 14.0 Å². The molecule has 2 aromatic carbocycles. The van der Waals surface area contributed by atoms with E-state index < -0.39 is 24.3 Å². The Morgan fingerprint density at radius 2 is 2.00 bits per heavy atom. The zero-order valence-corrected chi connectivity index (χ0v) is 14.4. The fourth-order valence-electron chi connectivity index (χ4n) is 1.75. The van der Waals surface area contributed by atoms with Gasteiger partial charge in [0.15, 0.2) is 6.61 Å². The number of hydrogen-bond donors (Lipinski definition) is 1. The first-order valence-electron chi connectivity index (χ1n) is 7.04. The first-order chi connectivity index (χ1) is 11.5. The predicted molar refractivity (Wildman–Crippen MR) is 92.9 cm³/mol. The lowest BCUT2D eigenvalue weighted by Gasteiger charge is -2.08. The summed E-state index contributed by atoms with van der Waals surface area (Å²) in [4.78, 5) is 24.1. The largest absolute Gasteiger partial charge is 0.455 e. The highest BCUT2D eigenvalue weighted by molar-refractivity contribution is 8.00. The molecule has 0 unspecified atom stereocenters. The molecule has 0 spiro atoms. The highest BCUT2D eigenvalue weighted by Crippen LogP contribution is 2.26. The third-order valence-electron chi connectivity index (χ3n) is 3.00. The van der Waals surface area contributed by atoms with Crippen LogP contribution in [0.3, 0.4) is 0 Å². The Labute approximate surface area is 148 Å². The maximum Gasteiger partial charge on any atom is 0.316 e. The maximum absolute atomic E-state index is 13.4. The van der Waals surface area contributed by atoms with Crippen molar-refractivity contribution in [3.8, 4) is 0 Å². The van der Waals surface area contributed by atoms with E-state index >= 15 is 0 Å². The Bertz CT molecular complexity index is 754. The zero-order valence-electron chi connectivity index (χ0n) is 12.8. The number of carbonyl (C=O) groups excluding carboxylic acids is 2. The molecule has 2 rings (SSSR count). The lowest BCUT2D eigenvalue weighted by atomic mass is 10.2. The van der Waals surface area contributed by atoms with Crippen LogP contribution in [-0.2, 0) is 14.3 Å². The van der Waals surface area contributed by atoms with Crippen molar-refractivity contribution in [2.75, 3.05) is 17.7 Å². The van der Waals surface area contributed by atoms with Gasteiger partial charge in [-0.05, 0) is 36.8 Å². The van der Waals surface area contributed by atoms with Crippen molar-refractivity contribution < 1.29 is 18.7 Å². The van der Waals surface area contributed by atoms with Crippen molar-refractivity contribution in [1.29, 1.82) is 0 Å². The van der Waals surface area contributed by atoms with Crippen molar-refractivity contribution >= 4 is 40.9 Å². The summed E-state index contributed by atoms with van der Waals surface area (Å²) in [5.74, 6) is -1.45. The van der Waals surface area contributed by atoms with Gasteiger partial charge in [0.05, 0.1) is 10.8 Å². The second kappa shape index (κ2) is 8.70. The molecule has 2 aromatic rings. The molecule has 0 aliphatic heterocycles. The van der Waals surface area contributed by atoms with Crippen molar-refractivity contribution in [3.63, 3.8) is 0 Å². The van der Waals surface area contributed by atoms with Gasteiger partial charge in [0.2, 0.25) is 0 Å². The quantitative estimate of drug-likeness (QED) is 0.618. The van der Waals surface area contributed by atoms with Gasteiger partial charge < -0.3 is 10.1 Å². The number of halogens is 2. The second-order valence-corrected chi connectivity index (χ2v) is 6.32. The van der Waals surface area contributed by atoms with Gasteiger partial charge in [-0.25, -0.2) is 4.39 Å². The number of aryl methyl sites for hydroxylation is 1. The Hall–Kier alpha value is -2.05. The number of carbonyl (C=O) groups is 2. The summed E-state index contributed by atoms with van der Waals surface area (Å²) in [5, 5.41) is 3.01. The molecule has 0 aliphatic rings. The van der Waals surface area contributed by atoms with Gasteiger partial charge in [0.25, 0.3) is 5.91 Å². The zero-order chi connectivity index (χ0) is 17.5. The molecule has 0 saturated carbocycles. The molecule has 1 amide bonds. The minimum Gasteiger partial charge on any atom is -0.455 e. The number of esters is 1. The van der Waals surface area contributed by atoms with E-state index in [1.54, 1.807) is 37.3 Å². The number of thioether (sulfide) groups is 1. The normalized spacial score (nSPS) is 10.3. The molecule has 0 aromatic heterocycles. The summed E-state index contributed by atoms with van der Waals surface area (Å²) in [6.07, 6.45) is 0. The SMILES string of the molecule is Cc1ccc(NC(=O)COC(=O)CSc2ccccc2Cl)cc1F. The van der Waals surface area contributed by atoms with E-state index in [2.05, 4.69) is 5.32 Å². The second-order valence-electron chi connectivity index (χ2n) is 4.89. The van der Waals surface area contributed by atoms with E-state index in [1.165, 1.54) is 17.8 Å². The monoisotopic (exact) mass is 367 g/mol. The Morgan fingerprint density at radius 3 is 2.71 bits per heavy atom. The van der Waals surface area contributed by atoms with Crippen LogP contribution in [0.15, 0.2) is 47.4 Å². The van der Waals surface area contributed by atoms with Crippen molar-refractivity contribution in [2.24, 2.45) is 0 Å². The molecular weight excluding hydrogens is 353 g/mol. The van der Waals surface area contributed by atoms with E-state index in [4.69, 9.17) is 16.3 Å². The van der Waals surface area contributed by atoms with Crippen LogP contribution in [0.4, 0.5) is 10.1 Å². The summed E-state index contributed by atoms with van der Waals surface area (Å²) in [7, 11) is 0. The molecule has 0 bridgehead atoms. The number of ether oxygens (including phenoxy) is 1. The molecule has 0 aliphatic carbocycles. The van der Waals surface area contributed by atoms with E-state index in [0.717, 1.165) is 4.90 Å². The van der Waals surface area contributed by atoms with Crippen LogP contribution < -0.4 is 5.32 Å². The van der Waals surface area contributed by atoms with Gasteiger partial charge in [-0.15, -0.1) is 11.8 Å². The van der Waals surface area contributed by atoms with E-state index in [1.807, 2.05) is 6.07 Å². The fraction of sp³-hybridized carbons (Fsp3) is 0.176. The van der Waals surface area contributed by atoms with Crippen LogP contribution in [-0.4, -0.2) is 24.2 Å². The van der Waals surface area contributed by atoms with Crippen LogP contribution in [0.25, 0.3) is 0 Å². The molecular formula is C17H15ClFNO3S. The van der Waals surface area contributed by atoms with E-state index in [0.29, 0.717) is 16.3 Å². The van der Waals surface area contributed by atoms with Gasteiger partial charge >= 0.3 is 5.97 Å². The average Bonchev–Trinajstić information content (AvgIpc) is 2.55. The third-order valence-corrected chi connectivity index (χ3v) is 4.49.